The van der Waals surface area contributed by atoms with Crippen molar-refractivity contribution in [2.24, 2.45) is 0 Å². The highest BCUT2D eigenvalue weighted by atomic mass is 16.5. The summed E-state index contributed by atoms with van der Waals surface area (Å²) in [6.07, 6.45) is 0. The normalized spacial score (nSPS) is 10.8. The van der Waals surface area contributed by atoms with Crippen LogP contribution in [0.4, 0.5) is 0 Å². The van der Waals surface area contributed by atoms with Gasteiger partial charge >= 0.3 is 0 Å². The van der Waals surface area contributed by atoms with Gasteiger partial charge in [-0.1, -0.05) is 54.6 Å². The van der Waals surface area contributed by atoms with Gasteiger partial charge in [0.25, 0.3) is 0 Å². The lowest BCUT2D eigenvalue weighted by atomic mass is 10.0. The summed E-state index contributed by atoms with van der Waals surface area (Å²) >= 11 is 0. The Bertz CT molecular complexity index is 686. The van der Waals surface area contributed by atoms with Gasteiger partial charge in [-0.25, -0.2) is 0 Å². The second kappa shape index (κ2) is 5.25. The van der Waals surface area contributed by atoms with Crippen molar-refractivity contribution >= 4 is 10.8 Å². The van der Waals surface area contributed by atoms with Crippen LogP contribution in [0.2, 0.25) is 0 Å². The molecule has 0 saturated carbocycles. The van der Waals surface area contributed by atoms with Crippen LogP contribution in [-0.2, 0) is 11.3 Å². The molecule has 94 valence electrons. The van der Waals surface area contributed by atoms with Gasteiger partial charge in [-0.3, -0.25) is 0 Å². The summed E-state index contributed by atoms with van der Waals surface area (Å²) < 4.78 is 5.17. The van der Waals surface area contributed by atoms with E-state index in [0.29, 0.717) is 6.61 Å². The number of rotatable bonds is 3. The minimum absolute atomic E-state index is 0.663. The van der Waals surface area contributed by atoms with Gasteiger partial charge < -0.3 is 4.74 Å². The predicted molar refractivity (Wildman–Crippen MR) is 80.1 cm³/mol. The number of ether oxygens (including phenoxy) is 1. The van der Waals surface area contributed by atoms with Crippen molar-refractivity contribution in [3.63, 3.8) is 0 Å². The second-order valence-corrected chi connectivity index (χ2v) is 4.70. The molecule has 0 unspecified atom stereocenters. The fourth-order valence-corrected chi connectivity index (χ4v) is 2.36. The minimum atomic E-state index is 0.663. The molecule has 0 radical (unpaired) electrons. The Kier molecular flexibility index (Phi) is 3.30. The molecule has 0 atom stereocenters. The Labute approximate surface area is 113 Å². The summed E-state index contributed by atoms with van der Waals surface area (Å²) in [6.45, 7) is 0.663. The first-order chi connectivity index (χ1) is 9.36. The van der Waals surface area contributed by atoms with Crippen LogP contribution in [0.3, 0.4) is 0 Å². The summed E-state index contributed by atoms with van der Waals surface area (Å²) in [5.41, 5.74) is 3.72. The molecule has 1 heteroatoms. The fraction of sp³-hybridized carbons (Fsp3) is 0.111. The lowest BCUT2D eigenvalue weighted by Crippen LogP contribution is -1.87. The number of hydrogen-bond donors (Lipinski definition) is 0. The molecular formula is C18H16O. The molecule has 0 amide bonds. The molecule has 0 aliphatic rings. The molecule has 3 aromatic carbocycles. The summed E-state index contributed by atoms with van der Waals surface area (Å²) in [7, 11) is 1.72. The molecular weight excluding hydrogens is 232 g/mol. The Morgan fingerprint density at radius 1 is 0.737 bits per heavy atom. The number of fused-ring (bicyclic) bond motifs is 1. The second-order valence-electron chi connectivity index (χ2n) is 4.70. The molecule has 19 heavy (non-hydrogen) atoms. The molecule has 0 aliphatic carbocycles. The average Bonchev–Trinajstić information content (AvgIpc) is 2.48. The fourth-order valence-electron chi connectivity index (χ4n) is 2.36. The van der Waals surface area contributed by atoms with E-state index in [1.165, 1.54) is 27.5 Å². The molecule has 0 N–H and O–H groups in total. The number of benzene rings is 3. The van der Waals surface area contributed by atoms with Gasteiger partial charge in [-0.05, 0) is 39.6 Å². The van der Waals surface area contributed by atoms with E-state index < -0.39 is 0 Å². The van der Waals surface area contributed by atoms with Crippen molar-refractivity contribution in [2.45, 2.75) is 6.61 Å². The largest absolute Gasteiger partial charge is 0.380 e. The zero-order valence-electron chi connectivity index (χ0n) is 11.0. The summed E-state index contributed by atoms with van der Waals surface area (Å²) in [6, 6.07) is 23.5. The van der Waals surface area contributed by atoms with E-state index in [1.54, 1.807) is 7.11 Å². The van der Waals surface area contributed by atoms with Crippen molar-refractivity contribution in [2.75, 3.05) is 7.11 Å². The lowest BCUT2D eigenvalue weighted by molar-refractivity contribution is 0.185. The average molecular weight is 248 g/mol. The van der Waals surface area contributed by atoms with Gasteiger partial charge in [0.05, 0.1) is 6.61 Å². The smallest absolute Gasteiger partial charge is 0.0713 e. The third-order valence-corrected chi connectivity index (χ3v) is 3.32. The third kappa shape index (κ3) is 2.51. The van der Waals surface area contributed by atoms with E-state index in [2.05, 4.69) is 60.7 Å². The zero-order chi connectivity index (χ0) is 13.1. The van der Waals surface area contributed by atoms with Crippen molar-refractivity contribution in [1.29, 1.82) is 0 Å². The van der Waals surface area contributed by atoms with Crippen molar-refractivity contribution in [3.8, 4) is 11.1 Å². The van der Waals surface area contributed by atoms with Gasteiger partial charge in [-0.2, -0.15) is 0 Å². The monoisotopic (exact) mass is 248 g/mol. The van der Waals surface area contributed by atoms with Crippen LogP contribution in [-0.4, -0.2) is 7.11 Å². The predicted octanol–water partition coefficient (Wildman–Crippen LogP) is 4.65. The Morgan fingerprint density at radius 2 is 1.47 bits per heavy atom. The summed E-state index contributed by atoms with van der Waals surface area (Å²) in [5, 5.41) is 2.52. The maximum atomic E-state index is 5.17. The first kappa shape index (κ1) is 11.9. The zero-order valence-corrected chi connectivity index (χ0v) is 11.0. The summed E-state index contributed by atoms with van der Waals surface area (Å²) in [4.78, 5) is 0. The van der Waals surface area contributed by atoms with E-state index in [4.69, 9.17) is 4.74 Å². The Morgan fingerprint density at radius 3 is 2.26 bits per heavy atom. The van der Waals surface area contributed by atoms with Crippen LogP contribution >= 0.6 is 0 Å². The van der Waals surface area contributed by atoms with E-state index in [-0.39, 0.29) is 0 Å². The van der Waals surface area contributed by atoms with Gasteiger partial charge in [0.15, 0.2) is 0 Å². The highest BCUT2D eigenvalue weighted by Gasteiger charge is 2.00. The van der Waals surface area contributed by atoms with Crippen LogP contribution < -0.4 is 0 Å². The molecule has 0 spiro atoms. The Hall–Kier alpha value is -2.12. The topological polar surface area (TPSA) is 9.23 Å². The molecule has 0 saturated heterocycles. The van der Waals surface area contributed by atoms with E-state index in [1.807, 2.05) is 6.07 Å². The molecule has 3 rings (SSSR count). The maximum absolute atomic E-state index is 5.17. The Balaban J connectivity index is 2.05. The van der Waals surface area contributed by atoms with Crippen LogP contribution in [0.5, 0.6) is 0 Å². The highest BCUT2D eigenvalue weighted by Crippen LogP contribution is 2.25. The SMILES string of the molecule is COCc1ccc2cc(-c3ccccc3)ccc2c1. The van der Waals surface area contributed by atoms with Gasteiger partial charge in [0, 0.05) is 7.11 Å². The minimum Gasteiger partial charge on any atom is -0.380 e. The third-order valence-electron chi connectivity index (χ3n) is 3.32. The van der Waals surface area contributed by atoms with Crippen LogP contribution in [0.1, 0.15) is 5.56 Å². The van der Waals surface area contributed by atoms with E-state index in [0.717, 1.165) is 0 Å². The standard InChI is InChI=1S/C18H16O/c1-19-13-14-7-8-18-12-17(10-9-16(18)11-14)15-5-3-2-4-6-15/h2-12H,13H2,1H3. The van der Waals surface area contributed by atoms with Gasteiger partial charge in [-0.15, -0.1) is 0 Å². The molecule has 0 aromatic heterocycles. The molecule has 0 heterocycles. The number of hydrogen-bond acceptors (Lipinski definition) is 1. The maximum Gasteiger partial charge on any atom is 0.0713 e. The lowest BCUT2D eigenvalue weighted by Gasteiger charge is -2.06. The van der Waals surface area contributed by atoms with Gasteiger partial charge in [0.1, 0.15) is 0 Å². The van der Waals surface area contributed by atoms with Crippen molar-refractivity contribution < 1.29 is 4.74 Å². The van der Waals surface area contributed by atoms with Crippen LogP contribution in [0.25, 0.3) is 21.9 Å². The van der Waals surface area contributed by atoms with E-state index in [9.17, 15) is 0 Å². The molecule has 1 nitrogen and oxygen atoms in total. The number of methoxy groups -OCH3 is 1. The molecule has 0 bridgehead atoms. The first-order valence-electron chi connectivity index (χ1n) is 6.44. The molecule has 0 aliphatic heterocycles. The van der Waals surface area contributed by atoms with E-state index >= 15 is 0 Å². The van der Waals surface area contributed by atoms with Crippen LogP contribution in [0, 0.1) is 0 Å². The quantitative estimate of drug-likeness (QED) is 0.655. The molecule has 3 aromatic rings. The van der Waals surface area contributed by atoms with Crippen molar-refractivity contribution in [1.82, 2.24) is 0 Å². The van der Waals surface area contributed by atoms with Crippen LogP contribution in [0.15, 0.2) is 66.7 Å². The summed E-state index contributed by atoms with van der Waals surface area (Å²) in [5.74, 6) is 0. The first-order valence-corrected chi connectivity index (χ1v) is 6.44. The van der Waals surface area contributed by atoms with Crippen molar-refractivity contribution in [3.05, 3.63) is 72.3 Å². The molecule has 0 fully saturated rings. The highest BCUT2D eigenvalue weighted by molar-refractivity contribution is 5.87. The van der Waals surface area contributed by atoms with Gasteiger partial charge in [0.2, 0.25) is 0 Å².